The molecule has 3 aromatic rings. The number of nitriles is 1. The van der Waals surface area contributed by atoms with Crippen LogP contribution in [0.3, 0.4) is 0 Å². The summed E-state index contributed by atoms with van der Waals surface area (Å²) >= 11 is 0. The molecule has 2 aliphatic rings. The Kier molecular flexibility index (Phi) is 8.98. The molecule has 2 aromatic carbocycles. The summed E-state index contributed by atoms with van der Waals surface area (Å²) < 4.78 is 22.1. The first-order valence-corrected chi connectivity index (χ1v) is 15.1. The summed E-state index contributed by atoms with van der Waals surface area (Å²) in [5, 5.41) is 15.4. The zero-order valence-corrected chi connectivity index (χ0v) is 25.2. The molecule has 0 N–H and O–H groups in total. The summed E-state index contributed by atoms with van der Waals surface area (Å²) in [6, 6.07) is 21.4. The lowest BCUT2D eigenvalue weighted by Crippen LogP contribution is -2.46. The number of piperidine rings is 1. The Hall–Kier alpha value is -3.70. The number of amides is 1. The lowest BCUT2D eigenvalue weighted by atomic mass is 9.82. The maximum atomic E-state index is 14.3. The lowest BCUT2D eigenvalue weighted by molar-refractivity contribution is 0.0279. The van der Waals surface area contributed by atoms with E-state index in [1.807, 2.05) is 32.9 Å². The van der Waals surface area contributed by atoms with E-state index in [0.29, 0.717) is 19.0 Å². The van der Waals surface area contributed by atoms with Crippen LogP contribution in [0.1, 0.15) is 74.9 Å². The van der Waals surface area contributed by atoms with Gasteiger partial charge in [0.2, 0.25) is 0 Å². The van der Waals surface area contributed by atoms with E-state index in [9.17, 15) is 14.4 Å². The Bertz CT molecular complexity index is 1400. The highest BCUT2D eigenvalue weighted by atomic mass is 19.1. The van der Waals surface area contributed by atoms with E-state index >= 15 is 0 Å². The predicted octanol–water partition coefficient (Wildman–Crippen LogP) is 6.36. The van der Waals surface area contributed by atoms with Crippen LogP contribution in [-0.4, -0.2) is 63.5 Å². The van der Waals surface area contributed by atoms with Gasteiger partial charge in [0.05, 0.1) is 11.8 Å². The Labute approximate surface area is 248 Å². The number of aryl methyl sites for hydroxylation is 1. The summed E-state index contributed by atoms with van der Waals surface area (Å²) in [6.07, 6.45) is 2.29. The lowest BCUT2D eigenvalue weighted by Gasteiger charge is -2.38. The first-order valence-electron chi connectivity index (χ1n) is 15.1. The Morgan fingerprint density at radius 3 is 2.48 bits per heavy atom. The van der Waals surface area contributed by atoms with Crippen LogP contribution in [0.5, 0.6) is 0 Å². The van der Waals surface area contributed by atoms with Gasteiger partial charge < -0.3 is 9.64 Å². The minimum Gasteiger partial charge on any atom is -0.444 e. The third kappa shape index (κ3) is 6.84. The molecule has 42 heavy (non-hydrogen) atoms. The SMILES string of the molecule is CCn1nc(Cc2ccccc2)cc1C1CCN(C(C#N)[C@@H]2CN(C(=O)OC(C)(C)C)C[C@@H]2c2cccc(F)c2)CC1. The average molecular weight is 572 g/mol. The Morgan fingerprint density at radius 2 is 1.83 bits per heavy atom. The quantitative estimate of drug-likeness (QED) is 0.330. The molecular formula is C34H42FN5O2. The predicted molar refractivity (Wildman–Crippen MR) is 161 cm³/mol. The fourth-order valence-electron chi connectivity index (χ4n) is 6.60. The average Bonchev–Trinajstić information content (AvgIpc) is 3.58. The second-order valence-electron chi connectivity index (χ2n) is 12.6. The number of halogens is 1. The summed E-state index contributed by atoms with van der Waals surface area (Å²) in [7, 11) is 0. The number of carbonyl (C=O) groups excluding carboxylic acids is 1. The van der Waals surface area contributed by atoms with E-state index < -0.39 is 11.6 Å². The molecule has 3 heterocycles. The van der Waals surface area contributed by atoms with Gasteiger partial charge >= 0.3 is 6.09 Å². The maximum Gasteiger partial charge on any atom is 0.410 e. The maximum absolute atomic E-state index is 14.3. The van der Waals surface area contributed by atoms with Crippen molar-refractivity contribution >= 4 is 6.09 Å². The van der Waals surface area contributed by atoms with Crippen LogP contribution >= 0.6 is 0 Å². The van der Waals surface area contributed by atoms with Crippen molar-refractivity contribution in [3.63, 3.8) is 0 Å². The van der Waals surface area contributed by atoms with E-state index in [4.69, 9.17) is 9.84 Å². The largest absolute Gasteiger partial charge is 0.444 e. The van der Waals surface area contributed by atoms with Crippen LogP contribution in [0, 0.1) is 23.1 Å². The molecular weight excluding hydrogens is 529 g/mol. The van der Waals surface area contributed by atoms with E-state index in [0.717, 1.165) is 50.2 Å². The van der Waals surface area contributed by atoms with Gasteiger partial charge in [-0.1, -0.05) is 42.5 Å². The fourth-order valence-corrected chi connectivity index (χ4v) is 6.60. The number of hydrogen-bond donors (Lipinski definition) is 0. The molecule has 222 valence electrons. The highest BCUT2D eigenvalue weighted by Crippen LogP contribution is 2.39. The van der Waals surface area contributed by atoms with E-state index in [-0.39, 0.29) is 23.7 Å². The van der Waals surface area contributed by atoms with Gasteiger partial charge in [0.25, 0.3) is 0 Å². The minimum atomic E-state index is -0.619. The highest BCUT2D eigenvalue weighted by Gasteiger charge is 2.44. The van der Waals surface area contributed by atoms with Crippen molar-refractivity contribution in [2.24, 2.45) is 5.92 Å². The van der Waals surface area contributed by atoms with Crippen LogP contribution in [0.2, 0.25) is 0 Å². The Balaban J connectivity index is 1.31. The number of carbonyl (C=O) groups is 1. The van der Waals surface area contributed by atoms with Gasteiger partial charge in [-0.3, -0.25) is 9.58 Å². The molecule has 1 unspecified atom stereocenters. The fraction of sp³-hybridized carbons (Fsp3) is 0.500. The third-order valence-corrected chi connectivity index (χ3v) is 8.56. The molecule has 3 atom stereocenters. The molecule has 2 saturated heterocycles. The van der Waals surface area contributed by atoms with Crippen molar-refractivity contribution in [3.8, 4) is 6.07 Å². The van der Waals surface area contributed by atoms with Crippen molar-refractivity contribution in [1.82, 2.24) is 19.6 Å². The number of ether oxygens (including phenoxy) is 1. The van der Waals surface area contributed by atoms with E-state index in [2.05, 4.69) is 52.9 Å². The van der Waals surface area contributed by atoms with Crippen molar-refractivity contribution in [3.05, 3.63) is 89.0 Å². The molecule has 0 saturated carbocycles. The van der Waals surface area contributed by atoms with Crippen LogP contribution in [0.15, 0.2) is 60.7 Å². The molecule has 1 aromatic heterocycles. The van der Waals surface area contributed by atoms with Gasteiger partial charge in [0, 0.05) is 62.6 Å². The van der Waals surface area contributed by atoms with Crippen LogP contribution < -0.4 is 0 Å². The number of rotatable bonds is 7. The van der Waals surface area contributed by atoms with Crippen LogP contribution in [0.25, 0.3) is 0 Å². The van der Waals surface area contributed by atoms with Gasteiger partial charge in [-0.05, 0) is 69.9 Å². The van der Waals surface area contributed by atoms with Crippen molar-refractivity contribution in [2.75, 3.05) is 26.2 Å². The molecule has 2 fully saturated rings. The molecule has 1 amide bonds. The normalized spacial score (nSPS) is 20.8. The molecule has 0 aliphatic carbocycles. The van der Waals surface area contributed by atoms with Crippen molar-refractivity contribution in [2.45, 2.75) is 77.0 Å². The number of hydrogen-bond acceptors (Lipinski definition) is 5. The zero-order valence-electron chi connectivity index (χ0n) is 25.2. The third-order valence-electron chi connectivity index (χ3n) is 8.56. The van der Waals surface area contributed by atoms with Gasteiger partial charge in [-0.15, -0.1) is 0 Å². The van der Waals surface area contributed by atoms with E-state index in [1.54, 1.807) is 11.0 Å². The van der Waals surface area contributed by atoms with Gasteiger partial charge in [0.1, 0.15) is 17.5 Å². The molecule has 7 nitrogen and oxygen atoms in total. The molecule has 8 heteroatoms. The number of nitrogens with zero attached hydrogens (tertiary/aromatic N) is 5. The topological polar surface area (TPSA) is 74.4 Å². The summed E-state index contributed by atoms with van der Waals surface area (Å²) in [5.41, 5.74) is 3.81. The smallest absolute Gasteiger partial charge is 0.410 e. The number of likely N-dealkylation sites (tertiary alicyclic amines) is 2. The van der Waals surface area contributed by atoms with Gasteiger partial charge in [-0.2, -0.15) is 10.4 Å². The highest BCUT2D eigenvalue weighted by molar-refractivity contribution is 5.69. The van der Waals surface area contributed by atoms with E-state index in [1.165, 1.54) is 23.4 Å². The monoisotopic (exact) mass is 571 g/mol. The van der Waals surface area contributed by atoms with Crippen LogP contribution in [0.4, 0.5) is 9.18 Å². The zero-order chi connectivity index (χ0) is 29.9. The molecule has 0 spiro atoms. The first-order chi connectivity index (χ1) is 20.1. The molecule has 2 aliphatic heterocycles. The van der Waals surface area contributed by atoms with Crippen LogP contribution in [-0.2, 0) is 17.7 Å². The standard InChI is InChI=1S/C34H42FN5O2/c1-5-40-31(20-28(37-40)18-24-10-7-6-8-11-24)25-14-16-38(17-15-25)32(21-36)30-23-39(33(41)42-34(2,3)4)22-29(30)26-12-9-13-27(35)19-26/h6-13,19-20,25,29-30,32H,5,14-18,22-23H2,1-4H3/t29-,30-,32?/m1/s1. The number of aromatic nitrogens is 2. The summed E-state index contributed by atoms with van der Waals surface area (Å²) in [6.45, 7) is 10.9. The molecule has 0 radical (unpaired) electrons. The number of benzene rings is 2. The molecule has 5 rings (SSSR count). The summed E-state index contributed by atoms with van der Waals surface area (Å²) in [5.74, 6) is -0.244. The van der Waals surface area contributed by atoms with Crippen molar-refractivity contribution < 1.29 is 13.9 Å². The van der Waals surface area contributed by atoms with Gasteiger partial charge in [-0.25, -0.2) is 9.18 Å². The summed E-state index contributed by atoms with van der Waals surface area (Å²) in [4.78, 5) is 17.0. The second-order valence-corrected chi connectivity index (χ2v) is 12.6. The minimum absolute atomic E-state index is 0.153. The van der Waals surface area contributed by atoms with Crippen molar-refractivity contribution in [1.29, 1.82) is 5.26 Å². The Morgan fingerprint density at radius 1 is 1.10 bits per heavy atom. The second kappa shape index (κ2) is 12.7. The van der Waals surface area contributed by atoms with Gasteiger partial charge in [0.15, 0.2) is 0 Å². The first kappa shape index (κ1) is 29.8. The molecule has 0 bridgehead atoms.